The zero-order valence-corrected chi connectivity index (χ0v) is 17.9. The second-order valence-corrected chi connectivity index (χ2v) is 7.66. The number of para-hydroxylation sites is 1. The van der Waals surface area contributed by atoms with Crippen molar-refractivity contribution in [3.63, 3.8) is 0 Å². The maximum absolute atomic E-state index is 12.9. The summed E-state index contributed by atoms with van der Waals surface area (Å²) in [5.74, 6) is 0.789. The highest BCUT2D eigenvalue weighted by Crippen LogP contribution is 2.35. The van der Waals surface area contributed by atoms with E-state index in [4.69, 9.17) is 4.74 Å². The Bertz CT molecular complexity index is 1150. The monoisotopic (exact) mass is 413 g/mol. The topological polar surface area (TPSA) is 56.1 Å². The van der Waals surface area contributed by atoms with Crippen molar-refractivity contribution in [3.05, 3.63) is 95.9 Å². The van der Waals surface area contributed by atoms with Crippen LogP contribution in [0.3, 0.4) is 0 Å². The number of nitrogens with zero attached hydrogens (tertiary/aromatic N) is 2. The molecular weight excluding hydrogens is 386 g/mol. The molecule has 0 aliphatic rings. The van der Waals surface area contributed by atoms with E-state index in [2.05, 4.69) is 33.2 Å². The first-order chi connectivity index (χ1) is 15.2. The maximum atomic E-state index is 12.9. The van der Waals surface area contributed by atoms with Gasteiger partial charge in [0.05, 0.1) is 7.11 Å². The van der Waals surface area contributed by atoms with Crippen LogP contribution in [0, 0.1) is 0 Å². The number of carbonyl (C=O) groups is 1. The van der Waals surface area contributed by atoms with E-state index < -0.39 is 0 Å². The summed E-state index contributed by atoms with van der Waals surface area (Å²) in [7, 11) is 3.70. The van der Waals surface area contributed by atoms with Crippen LogP contribution < -0.4 is 10.1 Å². The number of rotatable bonds is 8. The predicted octanol–water partition coefficient (Wildman–Crippen LogP) is 4.46. The van der Waals surface area contributed by atoms with E-state index in [-0.39, 0.29) is 11.8 Å². The molecule has 4 rings (SSSR count). The highest BCUT2D eigenvalue weighted by molar-refractivity contribution is 5.86. The van der Waals surface area contributed by atoms with Crippen LogP contribution in [0.2, 0.25) is 0 Å². The average molecular weight is 414 g/mol. The first kappa shape index (κ1) is 20.7. The summed E-state index contributed by atoms with van der Waals surface area (Å²) >= 11 is 0. The van der Waals surface area contributed by atoms with Gasteiger partial charge in [0.15, 0.2) is 0 Å². The van der Waals surface area contributed by atoms with Gasteiger partial charge in [0.25, 0.3) is 0 Å². The van der Waals surface area contributed by atoms with E-state index in [0.29, 0.717) is 19.4 Å². The summed E-state index contributed by atoms with van der Waals surface area (Å²) < 4.78 is 7.44. The van der Waals surface area contributed by atoms with Crippen molar-refractivity contribution in [1.29, 1.82) is 0 Å². The van der Waals surface area contributed by atoms with E-state index in [0.717, 1.165) is 28.1 Å². The number of ether oxygens (including phenoxy) is 1. The third-order valence-electron chi connectivity index (χ3n) is 5.64. The summed E-state index contributed by atoms with van der Waals surface area (Å²) in [4.78, 5) is 17.2. The minimum absolute atomic E-state index is 0.0321. The Morgan fingerprint density at radius 1 is 1.06 bits per heavy atom. The average Bonchev–Trinajstić information content (AvgIpc) is 3.15. The molecule has 1 atom stereocenters. The number of hydrogen-bond acceptors (Lipinski definition) is 3. The first-order valence-corrected chi connectivity index (χ1v) is 10.5. The number of pyridine rings is 1. The summed E-state index contributed by atoms with van der Waals surface area (Å²) in [6.45, 7) is 0.570. The van der Waals surface area contributed by atoms with Gasteiger partial charge in [0, 0.05) is 61.3 Å². The van der Waals surface area contributed by atoms with Crippen molar-refractivity contribution in [3.8, 4) is 5.75 Å². The number of carbonyl (C=O) groups excluding carboxylic acids is 1. The van der Waals surface area contributed by atoms with Gasteiger partial charge in [-0.3, -0.25) is 9.78 Å². The van der Waals surface area contributed by atoms with Gasteiger partial charge in [-0.1, -0.05) is 36.4 Å². The molecule has 5 nitrogen and oxygen atoms in total. The number of methoxy groups -OCH3 is 1. The number of benzene rings is 2. The van der Waals surface area contributed by atoms with Gasteiger partial charge in [-0.05, 0) is 41.5 Å². The van der Waals surface area contributed by atoms with Gasteiger partial charge in [0.2, 0.25) is 5.91 Å². The Kier molecular flexibility index (Phi) is 6.32. The molecule has 31 heavy (non-hydrogen) atoms. The minimum atomic E-state index is -0.0492. The van der Waals surface area contributed by atoms with Crippen LogP contribution in [-0.2, 0) is 18.3 Å². The third kappa shape index (κ3) is 4.77. The molecular formula is C26H27N3O2. The molecule has 0 saturated carbocycles. The van der Waals surface area contributed by atoms with E-state index in [1.54, 1.807) is 13.3 Å². The minimum Gasteiger partial charge on any atom is -0.497 e. The van der Waals surface area contributed by atoms with Gasteiger partial charge < -0.3 is 14.6 Å². The summed E-state index contributed by atoms with van der Waals surface area (Å²) in [5.41, 5.74) is 4.38. The molecule has 5 heteroatoms. The molecule has 4 aromatic rings. The standard InChI is InChI=1S/C26H27N3O2/c1-29-18-24(22-8-3-4-9-25(22)29)23(19-10-12-21(31-2)13-11-19)17-26(30)28-16-14-20-7-5-6-15-27-20/h3-13,15,18,23H,14,16-17H2,1-2H3,(H,28,30)/t23-/m0/s1. The fourth-order valence-corrected chi connectivity index (χ4v) is 4.03. The number of fused-ring (bicyclic) bond motifs is 1. The summed E-state index contributed by atoms with van der Waals surface area (Å²) in [6, 6.07) is 22.1. The number of aryl methyl sites for hydroxylation is 1. The Morgan fingerprint density at radius 3 is 2.58 bits per heavy atom. The fourth-order valence-electron chi connectivity index (χ4n) is 4.03. The van der Waals surface area contributed by atoms with Crippen LogP contribution in [0.1, 0.15) is 29.2 Å². The van der Waals surface area contributed by atoms with Crippen LogP contribution in [0.4, 0.5) is 0 Å². The van der Waals surface area contributed by atoms with Gasteiger partial charge >= 0.3 is 0 Å². The smallest absolute Gasteiger partial charge is 0.220 e. The molecule has 158 valence electrons. The lowest BCUT2D eigenvalue weighted by molar-refractivity contribution is -0.121. The van der Waals surface area contributed by atoms with Crippen molar-refractivity contribution in [2.24, 2.45) is 7.05 Å². The first-order valence-electron chi connectivity index (χ1n) is 10.5. The molecule has 0 fully saturated rings. The second kappa shape index (κ2) is 9.47. The Hall–Kier alpha value is -3.60. The van der Waals surface area contributed by atoms with Crippen molar-refractivity contribution >= 4 is 16.8 Å². The number of nitrogens with one attached hydrogen (secondary N) is 1. The lowest BCUT2D eigenvalue weighted by Gasteiger charge is -2.18. The lowest BCUT2D eigenvalue weighted by Crippen LogP contribution is -2.27. The molecule has 2 heterocycles. The molecule has 0 aliphatic carbocycles. The fraction of sp³-hybridized carbons (Fsp3) is 0.231. The number of amides is 1. The van der Waals surface area contributed by atoms with Gasteiger partial charge in [0.1, 0.15) is 5.75 Å². The molecule has 1 N–H and O–H groups in total. The molecule has 0 aliphatic heterocycles. The van der Waals surface area contributed by atoms with Gasteiger partial charge in [-0.2, -0.15) is 0 Å². The normalized spacial score (nSPS) is 11.9. The van der Waals surface area contributed by atoms with E-state index in [1.807, 2.05) is 61.6 Å². The maximum Gasteiger partial charge on any atom is 0.220 e. The van der Waals surface area contributed by atoms with Crippen LogP contribution in [0.25, 0.3) is 10.9 Å². The van der Waals surface area contributed by atoms with Crippen molar-refractivity contribution in [1.82, 2.24) is 14.9 Å². The third-order valence-corrected chi connectivity index (χ3v) is 5.64. The van der Waals surface area contributed by atoms with Gasteiger partial charge in [-0.25, -0.2) is 0 Å². The molecule has 2 aromatic heterocycles. The van der Waals surface area contributed by atoms with Crippen molar-refractivity contribution in [2.75, 3.05) is 13.7 Å². The zero-order valence-electron chi connectivity index (χ0n) is 17.9. The molecule has 0 spiro atoms. The molecule has 0 radical (unpaired) electrons. The quantitative estimate of drug-likeness (QED) is 0.464. The van der Waals surface area contributed by atoms with E-state index in [1.165, 1.54) is 5.39 Å². The molecule has 0 saturated heterocycles. The Balaban J connectivity index is 1.57. The zero-order chi connectivity index (χ0) is 21.6. The molecule has 1 amide bonds. The molecule has 0 unspecified atom stereocenters. The van der Waals surface area contributed by atoms with E-state index >= 15 is 0 Å². The van der Waals surface area contributed by atoms with Crippen LogP contribution in [0.15, 0.2) is 79.1 Å². The SMILES string of the molecule is COc1ccc([C@H](CC(=O)NCCc2ccccn2)c2cn(C)c3ccccc23)cc1. The summed E-state index contributed by atoms with van der Waals surface area (Å²) in [6.07, 6.45) is 5.01. The Labute approximate surface area is 182 Å². The van der Waals surface area contributed by atoms with Crippen molar-refractivity contribution < 1.29 is 9.53 Å². The van der Waals surface area contributed by atoms with Crippen molar-refractivity contribution in [2.45, 2.75) is 18.8 Å². The highest BCUT2D eigenvalue weighted by atomic mass is 16.5. The highest BCUT2D eigenvalue weighted by Gasteiger charge is 2.22. The van der Waals surface area contributed by atoms with Crippen LogP contribution in [-0.4, -0.2) is 29.1 Å². The second-order valence-electron chi connectivity index (χ2n) is 7.66. The Morgan fingerprint density at radius 2 is 1.84 bits per heavy atom. The summed E-state index contributed by atoms with van der Waals surface area (Å²) in [5, 5.41) is 4.24. The number of hydrogen-bond donors (Lipinski definition) is 1. The van der Waals surface area contributed by atoms with Crippen LogP contribution in [0.5, 0.6) is 5.75 Å². The molecule has 0 bridgehead atoms. The lowest BCUT2D eigenvalue weighted by atomic mass is 9.88. The predicted molar refractivity (Wildman–Crippen MR) is 123 cm³/mol. The largest absolute Gasteiger partial charge is 0.497 e. The molecule has 2 aromatic carbocycles. The van der Waals surface area contributed by atoms with Gasteiger partial charge in [-0.15, -0.1) is 0 Å². The van der Waals surface area contributed by atoms with E-state index in [9.17, 15) is 4.79 Å². The number of aromatic nitrogens is 2. The van der Waals surface area contributed by atoms with Crippen LogP contribution >= 0.6 is 0 Å².